The van der Waals surface area contributed by atoms with E-state index in [-0.39, 0.29) is 24.0 Å². The highest BCUT2D eigenvalue weighted by atomic mass is 32.1. The molecule has 6 heteroatoms. The van der Waals surface area contributed by atoms with Gasteiger partial charge in [0.1, 0.15) is 5.69 Å². The Kier molecular flexibility index (Phi) is 4.99. The molecule has 3 rings (SSSR count). The summed E-state index contributed by atoms with van der Waals surface area (Å²) in [6.45, 7) is 7.99. The molecular formula is C19H24N2O3S. The van der Waals surface area contributed by atoms with E-state index < -0.39 is 0 Å². The quantitative estimate of drug-likeness (QED) is 0.830. The SMILES string of the molecule is Cc1[nH]c(C(=O)N2CCC[C@@H]2c2ccsc2)c(C)c1C(=O)OC(C)C. The Balaban J connectivity index is 1.89. The normalized spacial score (nSPS) is 17.3. The summed E-state index contributed by atoms with van der Waals surface area (Å²) in [7, 11) is 0. The first-order valence-electron chi connectivity index (χ1n) is 8.63. The average Bonchev–Trinajstić information content (AvgIpc) is 3.24. The van der Waals surface area contributed by atoms with E-state index in [0.717, 1.165) is 19.4 Å². The molecule has 3 heterocycles. The molecule has 1 amide bonds. The number of aromatic amines is 1. The third-order valence-corrected chi connectivity index (χ3v) is 5.34. The fourth-order valence-corrected chi connectivity index (χ4v) is 4.21. The molecule has 0 aliphatic carbocycles. The van der Waals surface area contributed by atoms with E-state index in [1.807, 2.05) is 31.1 Å². The van der Waals surface area contributed by atoms with Gasteiger partial charge in [-0.3, -0.25) is 4.79 Å². The van der Waals surface area contributed by atoms with Crippen LogP contribution in [0.5, 0.6) is 0 Å². The molecule has 0 radical (unpaired) electrons. The molecule has 25 heavy (non-hydrogen) atoms. The van der Waals surface area contributed by atoms with Gasteiger partial charge in [0.15, 0.2) is 0 Å². The van der Waals surface area contributed by atoms with Crippen molar-refractivity contribution in [2.24, 2.45) is 0 Å². The molecule has 0 saturated carbocycles. The number of amides is 1. The minimum atomic E-state index is -0.379. The zero-order valence-corrected chi connectivity index (χ0v) is 15.9. The lowest BCUT2D eigenvalue weighted by atomic mass is 10.1. The van der Waals surface area contributed by atoms with Crippen molar-refractivity contribution in [2.45, 2.75) is 52.7 Å². The van der Waals surface area contributed by atoms with Crippen molar-refractivity contribution in [3.8, 4) is 0 Å². The molecule has 5 nitrogen and oxygen atoms in total. The first-order chi connectivity index (χ1) is 11.9. The standard InChI is InChI=1S/C19H24N2O3S/c1-11(2)24-19(23)16-12(3)17(20-13(16)4)18(22)21-8-5-6-15(21)14-7-9-25-10-14/h7,9-11,15,20H,5-6,8H2,1-4H3/t15-/m1/s1. The van der Waals surface area contributed by atoms with Gasteiger partial charge < -0.3 is 14.6 Å². The molecule has 1 N–H and O–H groups in total. The number of nitrogens with one attached hydrogen (secondary N) is 1. The summed E-state index contributed by atoms with van der Waals surface area (Å²) in [5, 5.41) is 4.15. The molecule has 134 valence electrons. The molecule has 2 aromatic rings. The number of hydrogen-bond acceptors (Lipinski definition) is 4. The van der Waals surface area contributed by atoms with Crippen LogP contribution in [0.1, 0.15) is 70.4 Å². The number of carbonyl (C=O) groups excluding carboxylic acids is 2. The molecule has 1 fully saturated rings. The first-order valence-corrected chi connectivity index (χ1v) is 9.57. The first kappa shape index (κ1) is 17.7. The summed E-state index contributed by atoms with van der Waals surface area (Å²) < 4.78 is 5.31. The van der Waals surface area contributed by atoms with Gasteiger partial charge in [0.05, 0.1) is 17.7 Å². The van der Waals surface area contributed by atoms with Crippen molar-refractivity contribution < 1.29 is 14.3 Å². The van der Waals surface area contributed by atoms with E-state index in [9.17, 15) is 9.59 Å². The summed E-state index contributed by atoms with van der Waals surface area (Å²) in [6, 6.07) is 2.20. The fourth-order valence-electron chi connectivity index (χ4n) is 3.51. The molecule has 2 aromatic heterocycles. The fraction of sp³-hybridized carbons (Fsp3) is 0.474. The van der Waals surface area contributed by atoms with Crippen LogP contribution in [-0.2, 0) is 4.74 Å². The number of likely N-dealkylation sites (tertiary alicyclic amines) is 1. The lowest BCUT2D eigenvalue weighted by Crippen LogP contribution is -2.31. The minimum absolute atomic E-state index is 0.0436. The summed E-state index contributed by atoms with van der Waals surface area (Å²) in [6.07, 6.45) is 1.78. The predicted octanol–water partition coefficient (Wildman–Crippen LogP) is 4.24. The van der Waals surface area contributed by atoms with Gasteiger partial charge in [-0.2, -0.15) is 11.3 Å². The number of H-pyrrole nitrogens is 1. The van der Waals surface area contributed by atoms with Crippen LogP contribution >= 0.6 is 11.3 Å². The van der Waals surface area contributed by atoms with Crippen molar-refractivity contribution in [3.05, 3.63) is 44.9 Å². The van der Waals surface area contributed by atoms with Crippen LogP contribution in [0.2, 0.25) is 0 Å². The maximum absolute atomic E-state index is 13.1. The van der Waals surface area contributed by atoms with Crippen LogP contribution in [0, 0.1) is 13.8 Å². The van der Waals surface area contributed by atoms with E-state index in [4.69, 9.17) is 4.74 Å². The second-order valence-electron chi connectivity index (χ2n) is 6.79. The monoisotopic (exact) mass is 360 g/mol. The molecule has 0 spiro atoms. The van der Waals surface area contributed by atoms with Crippen molar-refractivity contribution in [1.29, 1.82) is 0 Å². The number of aryl methyl sites for hydroxylation is 1. The number of thiophene rings is 1. The third-order valence-electron chi connectivity index (χ3n) is 4.64. The maximum Gasteiger partial charge on any atom is 0.340 e. The number of nitrogens with zero attached hydrogens (tertiary/aromatic N) is 1. The van der Waals surface area contributed by atoms with Crippen LogP contribution in [-0.4, -0.2) is 34.4 Å². The number of carbonyl (C=O) groups is 2. The van der Waals surface area contributed by atoms with Crippen molar-refractivity contribution in [2.75, 3.05) is 6.54 Å². The molecule has 1 saturated heterocycles. The second-order valence-corrected chi connectivity index (χ2v) is 7.57. The maximum atomic E-state index is 13.1. The van der Waals surface area contributed by atoms with Gasteiger partial charge in [-0.05, 0) is 68.5 Å². The molecule has 1 atom stereocenters. The van der Waals surface area contributed by atoms with Crippen LogP contribution in [0.15, 0.2) is 16.8 Å². The Labute approximate surface area is 152 Å². The number of hydrogen-bond donors (Lipinski definition) is 1. The Hall–Kier alpha value is -2.08. The lowest BCUT2D eigenvalue weighted by Gasteiger charge is -2.24. The van der Waals surface area contributed by atoms with Gasteiger partial charge >= 0.3 is 5.97 Å². The van der Waals surface area contributed by atoms with Crippen molar-refractivity contribution in [3.63, 3.8) is 0 Å². The van der Waals surface area contributed by atoms with Crippen LogP contribution < -0.4 is 0 Å². The van der Waals surface area contributed by atoms with Gasteiger partial charge in [-0.15, -0.1) is 0 Å². The van der Waals surface area contributed by atoms with Gasteiger partial charge in [0.2, 0.25) is 0 Å². The highest BCUT2D eigenvalue weighted by Gasteiger charge is 2.33. The average molecular weight is 360 g/mol. The van der Waals surface area contributed by atoms with Crippen LogP contribution in [0.3, 0.4) is 0 Å². The smallest absolute Gasteiger partial charge is 0.340 e. The van der Waals surface area contributed by atoms with E-state index in [0.29, 0.717) is 22.5 Å². The zero-order chi connectivity index (χ0) is 18.1. The zero-order valence-electron chi connectivity index (χ0n) is 15.1. The topological polar surface area (TPSA) is 62.4 Å². The molecule has 0 aromatic carbocycles. The number of aromatic nitrogens is 1. The Morgan fingerprint density at radius 1 is 1.36 bits per heavy atom. The van der Waals surface area contributed by atoms with Gasteiger partial charge in [0, 0.05) is 12.2 Å². The summed E-state index contributed by atoms with van der Waals surface area (Å²) in [5.74, 6) is -0.422. The van der Waals surface area contributed by atoms with Gasteiger partial charge in [-0.25, -0.2) is 4.79 Å². The molecule has 0 unspecified atom stereocenters. The van der Waals surface area contributed by atoms with E-state index in [2.05, 4.69) is 16.4 Å². The van der Waals surface area contributed by atoms with Crippen LogP contribution in [0.4, 0.5) is 0 Å². The molecule has 1 aliphatic rings. The van der Waals surface area contributed by atoms with Crippen molar-refractivity contribution in [1.82, 2.24) is 9.88 Å². The highest BCUT2D eigenvalue weighted by molar-refractivity contribution is 7.08. The van der Waals surface area contributed by atoms with Gasteiger partial charge in [-0.1, -0.05) is 0 Å². The highest BCUT2D eigenvalue weighted by Crippen LogP contribution is 2.35. The third kappa shape index (κ3) is 3.35. The minimum Gasteiger partial charge on any atom is -0.459 e. The van der Waals surface area contributed by atoms with E-state index >= 15 is 0 Å². The van der Waals surface area contributed by atoms with Gasteiger partial charge in [0.25, 0.3) is 5.91 Å². The largest absolute Gasteiger partial charge is 0.459 e. The van der Waals surface area contributed by atoms with E-state index in [1.165, 1.54) is 5.56 Å². The van der Waals surface area contributed by atoms with E-state index in [1.54, 1.807) is 18.3 Å². The molecular weight excluding hydrogens is 336 g/mol. The number of esters is 1. The summed E-state index contributed by atoms with van der Waals surface area (Å²) in [5.41, 5.74) is 3.51. The summed E-state index contributed by atoms with van der Waals surface area (Å²) >= 11 is 1.65. The molecule has 1 aliphatic heterocycles. The summed E-state index contributed by atoms with van der Waals surface area (Å²) in [4.78, 5) is 30.5. The Morgan fingerprint density at radius 3 is 2.76 bits per heavy atom. The Morgan fingerprint density at radius 2 is 2.12 bits per heavy atom. The number of ether oxygens (including phenoxy) is 1. The predicted molar refractivity (Wildman–Crippen MR) is 98.1 cm³/mol. The van der Waals surface area contributed by atoms with Crippen molar-refractivity contribution >= 4 is 23.2 Å². The van der Waals surface area contributed by atoms with Crippen LogP contribution in [0.25, 0.3) is 0 Å². The number of rotatable bonds is 4. The lowest BCUT2D eigenvalue weighted by molar-refractivity contribution is 0.0376. The second kappa shape index (κ2) is 7.04. The Bertz CT molecular complexity index is 777. The molecule has 0 bridgehead atoms.